The van der Waals surface area contributed by atoms with E-state index >= 15 is 0 Å². The monoisotopic (exact) mass is 271 g/mol. The summed E-state index contributed by atoms with van der Waals surface area (Å²) in [6, 6.07) is 11.4. The first-order valence-electron chi connectivity index (χ1n) is 7.51. The van der Waals surface area contributed by atoms with Crippen LogP contribution in [0, 0.1) is 0 Å². The van der Waals surface area contributed by atoms with E-state index in [-0.39, 0.29) is 6.04 Å². The summed E-state index contributed by atoms with van der Waals surface area (Å²) in [5.41, 5.74) is 8.39. The lowest BCUT2D eigenvalue weighted by Gasteiger charge is -2.35. The van der Waals surface area contributed by atoms with Gasteiger partial charge in [0.25, 0.3) is 0 Å². The summed E-state index contributed by atoms with van der Waals surface area (Å²) in [5, 5.41) is 1.18. The van der Waals surface area contributed by atoms with Gasteiger partial charge in [0, 0.05) is 30.2 Å². The third-order valence-corrected chi connectivity index (χ3v) is 4.16. The quantitative estimate of drug-likeness (QED) is 0.876. The Morgan fingerprint density at radius 1 is 1.25 bits per heavy atom. The van der Waals surface area contributed by atoms with E-state index in [1.165, 1.54) is 10.9 Å². The fourth-order valence-electron chi connectivity index (χ4n) is 2.84. The molecule has 0 radical (unpaired) electrons. The molecule has 0 amide bonds. The minimum atomic E-state index is 0.277. The van der Waals surface area contributed by atoms with E-state index in [0.29, 0.717) is 12.6 Å². The second-order valence-electron chi connectivity index (χ2n) is 5.29. The van der Waals surface area contributed by atoms with Gasteiger partial charge in [-0.05, 0) is 43.7 Å². The number of aromatic nitrogens is 1. The van der Waals surface area contributed by atoms with Crippen molar-refractivity contribution >= 4 is 10.9 Å². The van der Waals surface area contributed by atoms with Crippen LogP contribution < -0.4 is 5.73 Å². The van der Waals surface area contributed by atoms with Gasteiger partial charge in [-0.2, -0.15) is 0 Å². The third-order valence-electron chi connectivity index (χ3n) is 4.16. The molecule has 1 aromatic carbocycles. The lowest BCUT2D eigenvalue weighted by atomic mass is 10.0. The van der Waals surface area contributed by atoms with E-state index in [2.05, 4.69) is 54.9 Å². The van der Waals surface area contributed by atoms with Gasteiger partial charge in [0.1, 0.15) is 0 Å². The summed E-state index contributed by atoms with van der Waals surface area (Å²) in [5.74, 6) is 0. The first-order chi connectivity index (χ1) is 9.71. The molecule has 108 valence electrons. The fourth-order valence-corrected chi connectivity index (χ4v) is 2.84. The Balaban J connectivity index is 2.37. The second-order valence-corrected chi connectivity index (χ2v) is 5.29. The molecule has 2 aromatic rings. The molecule has 0 saturated carbocycles. The molecular weight excluding hydrogens is 246 g/mol. The van der Waals surface area contributed by atoms with Gasteiger partial charge in [0.05, 0.1) is 5.52 Å². The standard InChI is InChI=1S/C17H25N3/c1-4-13(3)20(5-2)17(12-18)15-8-9-16-14(11-15)7-6-10-19-16/h6-11,13,17H,4-5,12,18H2,1-3H3. The van der Waals surface area contributed by atoms with Crippen LogP contribution in [-0.4, -0.2) is 29.0 Å². The van der Waals surface area contributed by atoms with Crippen molar-refractivity contribution in [2.45, 2.75) is 39.3 Å². The SMILES string of the molecule is CCC(C)N(CC)C(CN)c1ccc2ncccc2c1. The van der Waals surface area contributed by atoms with Gasteiger partial charge in [-0.15, -0.1) is 0 Å². The maximum Gasteiger partial charge on any atom is 0.0702 e. The summed E-state index contributed by atoms with van der Waals surface area (Å²) in [6.45, 7) is 8.36. The van der Waals surface area contributed by atoms with E-state index < -0.39 is 0 Å². The van der Waals surface area contributed by atoms with Gasteiger partial charge < -0.3 is 5.73 Å². The summed E-state index contributed by atoms with van der Waals surface area (Å²) in [6.07, 6.45) is 2.97. The maximum absolute atomic E-state index is 6.06. The molecule has 0 bridgehead atoms. The molecule has 3 heteroatoms. The van der Waals surface area contributed by atoms with E-state index in [4.69, 9.17) is 5.73 Å². The Hall–Kier alpha value is -1.45. The molecule has 0 aliphatic carbocycles. The Morgan fingerprint density at radius 3 is 2.70 bits per heavy atom. The highest BCUT2D eigenvalue weighted by atomic mass is 15.2. The van der Waals surface area contributed by atoms with E-state index in [1.54, 1.807) is 0 Å². The molecule has 1 heterocycles. The van der Waals surface area contributed by atoms with Crippen LogP contribution in [0.2, 0.25) is 0 Å². The highest BCUT2D eigenvalue weighted by Crippen LogP contribution is 2.25. The lowest BCUT2D eigenvalue weighted by molar-refractivity contribution is 0.152. The number of pyridine rings is 1. The summed E-state index contributed by atoms with van der Waals surface area (Å²) in [7, 11) is 0. The third kappa shape index (κ3) is 3.00. The fraction of sp³-hybridized carbons (Fsp3) is 0.471. The zero-order chi connectivity index (χ0) is 14.5. The van der Waals surface area contributed by atoms with Crippen molar-refractivity contribution < 1.29 is 0 Å². The molecule has 2 atom stereocenters. The van der Waals surface area contributed by atoms with Crippen molar-refractivity contribution in [2.75, 3.05) is 13.1 Å². The largest absolute Gasteiger partial charge is 0.329 e. The summed E-state index contributed by atoms with van der Waals surface area (Å²) in [4.78, 5) is 6.86. The van der Waals surface area contributed by atoms with Crippen LogP contribution >= 0.6 is 0 Å². The number of rotatable bonds is 6. The Labute approximate surface area is 121 Å². The predicted molar refractivity (Wildman–Crippen MR) is 85.7 cm³/mol. The van der Waals surface area contributed by atoms with Crippen molar-refractivity contribution in [1.82, 2.24) is 9.88 Å². The Kier molecular flexibility index (Phi) is 5.10. The first kappa shape index (κ1) is 14.9. The van der Waals surface area contributed by atoms with E-state index in [0.717, 1.165) is 18.5 Å². The topological polar surface area (TPSA) is 42.1 Å². The molecule has 20 heavy (non-hydrogen) atoms. The molecule has 0 aliphatic heterocycles. The highest BCUT2D eigenvalue weighted by Gasteiger charge is 2.21. The normalized spacial score (nSPS) is 14.7. The average molecular weight is 271 g/mol. The average Bonchev–Trinajstić information content (AvgIpc) is 2.51. The van der Waals surface area contributed by atoms with E-state index in [9.17, 15) is 0 Å². The van der Waals surface area contributed by atoms with Crippen LogP contribution in [0.5, 0.6) is 0 Å². The number of hydrogen-bond donors (Lipinski definition) is 1. The van der Waals surface area contributed by atoms with Crippen LogP contribution in [0.15, 0.2) is 36.5 Å². The molecule has 0 fully saturated rings. The number of hydrogen-bond acceptors (Lipinski definition) is 3. The lowest BCUT2D eigenvalue weighted by Crippen LogP contribution is -2.39. The molecule has 0 saturated heterocycles. The number of likely N-dealkylation sites (N-methyl/N-ethyl adjacent to an activating group) is 1. The van der Waals surface area contributed by atoms with Crippen LogP contribution in [-0.2, 0) is 0 Å². The van der Waals surface area contributed by atoms with Crippen molar-refractivity contribution in [3.63, 3.8) is 0 Å². The first-order valence-corrected chi connectivity index (χ1v) is 7.51. The number of nitrogens with zero attached hydrogens (tertiary/aromatic N) is 2. The van der Waals surface area contributed by atoms with E-state index in [1.807, 2.05) is 12.3 Å². The maximum atomic E-state index is 6.06. The molecular formula is C17H25N3. The number of benzene rings is 1. The highest BCUT2D eigenvalue weighted by molar-refractivity contribution is 5.79. The molecule has 0 aliphatic rings. The minimum Gasteiger partial charge on any atom is -0.329 e. The molecule has 2 N–H and O–H groups in total. The summed E-state index contributed by atoms with van der Waals surface area (Å²) < 4.78 is 0. The second kappa shape index (κ2) is 6.82. The Morgan fingerprint density at radius 2 is 2.05 bits per heavy atom. The number of fused-ring (bicyclic) bond motifs is 1. The van der Waals surface area contributed by atoms with Crippen molar-refractivity contribution in [3.05, 3.63) is 42.1 Å². The molecule has 1 aromatic heterocycles. The van der Waals surface area contributed by atoms with Crippen LogP contribution in [0.4, 0.5) is 0 Å². The number of nitrogens with two attached hydrogens (primary N) is 1. The van der Waals surface area contributed by atoms with Crippen LogP contribution in [0.25, 0.3) is 10.9 Å². The van der Waals surface area contributed by atoms with Crippen LogP contribution in [0.3, 0.4) is 0 Å². The van der Waals surface area contributed by atoms with Crippen molar-refractivity contribution in [1.29, 1.82) is 0 Å². The summed E-state index contributed by atoms with van der Waals surface area (Å²) >= 11 is 0. The molecule has 3 nitrogen and oxygen atoms in total. The van der Waals surface area contributed by atoms with Gasteiger partial charge in [-0.3, -0.25) is 9.88 Å². The molecule has 0 spiro atoms. The predicted octanol–water partition coefficient (Wildman–Crippen LogP) is 3.36. The van der Waals surface area contributed by atoms with Crippen LogP contribution in [0.1, 0.15) is 38.8 Å². The van der Waals surface area contributed by atoms with Crippen molar-refractivity contribution in [3.8, 4) is 0 Å². The smallest absolute Gasteiger partial charge is 0.0702 e. The van der Waals surface area contributed by atoms with Gasteiger partial charge in [0.2, 0.25) is 0 Å². The van der Waals surface area contributed by atoms with Gasteiger partial charge in [-0.1, -0.05) is 26.0 Å². The van der Waals surface area contributed by atoms with Gasteiger partial charge in [0.15, 0.2) is 0 Å². The molecule has 2 unspecified atom stereocenters. The zero-order valence-corrected chi connectivity index (χ0v) is 12.7. The van der Waals surface area contributed by atoms with Gasteiger partial charge >= 0.3 is 0 Å². The van der Waals surface area contributed by atoms with Gasteiger partial charge in [-0.25, -0.2) is 0 Å². The molecule has 2 rings (SSSR count). The Bertz CT molecular complexity index is 553. The minimum absolute atomic E-state index is 0.277. The van der Waals surface area contributed by atoms with Crippen molar-refractivity contribution in [2.24, 2.45) is 5.73 Å². The zero-order valence-electron chi connectivity index (χ0n) is 12.7.